The van der Waals surface area contributed by atoms with E-state index >= 15 is 0 Å². The molecule has 1 fully saturated rings. The van der Waals surface area contributed by atoms with Gasteiger partial charge in [-0.3, -0.25) is 14.5 Å². The van der Waals surface area contributed by atoms with Crippen LogP contribution in [0.4, 0.5) is 0 Å². The lowest BCUT2D eigenvalue weighted by molar-refractivity contribution is -0.141. The highest BCUT2D eigenvalue weighted by Crippen LogP contribution is 2.03. The molecule has 6 heteroatoms. The Morgan fingerprint density at radius 3 is 2.54 bits per heavy atom. The van der Waals surface area contributed by atoms with Crippen LogP contribution in [0.3, 0.4) is 0 Å². The van der Waals surface area contributed by atoms with Crippen molar-refractivity contribution in [2.24, 2.45) is 0 Å². The second-order valence-corrected chi connectivity index (χ2v) is 5.51. The number of hydrogen-bond donors (Lipinski definition) is 1. The van der Waals surface area contributed by atoms with E-state index < -0.39 is 9.73 Å². The van der Waals surface area contributed by atoms with Gasteiger partial charge in [-0.15, -0.1) is 0 Å². The van der Waals surface area contributed by atoms with Crippen molar-refractivity contribution in [2.45, 2.75) is 0 Å². The van der Waals surface area contributed by atoms with Gasteiger partial charge in [0, 0.05) is 34.3 Å². The second kappa shape index (κ2) is 4.06. The van der Waals surface area contributed by atoms with Crippen molar-refractivity contribution in [1.29, 1.82) is 4.78 Å². The number of carbonyl (C=O) groups excluding carboxylic acids is 1. The van der Waals surface area contributed by atoms with E-state index in [1.54, 1.807) is 0 Å². The number of hydrogen-bond acceptors (Lipinski definition) is 5. The molecule has 0 bridgehead atoms. The smallest absolute Gasteiger partial charge is 0.319 e. The Balaban J connectivity index is 2.38. The highest BCUT2D eigenvalue weighted by Gasteiger charge is 2.20. The molecule has 0 saturated carbocycles. The van der Waals surface area contributed by atoms with Crippen LogP contribution < -0.4 is 0 Å². The van der Waals surface area contributed by atoms with Crippen LogP contribution in [0.15, 0.2) is 0 Å². The van der Waals surface area contributed by atoms with Gasteiger partial charge in [-0.2, -0.15) is 0 Å². The predicted octanol–water partition coefficient (Wildman–Crippen LogP) is -0.478. The molecule has 1 aliphatic rings. The Morgan fingerprint density at radius 1 is 1.54 bits per heavy atom. The lowest BCUT2D eigenvalue weighted by Crippen LogP contribution is -2.42. The number of rotatable bonds is 2. The summed E-state index contributed by atoms with van der Waals surface area (Å²) in [5, 5.41) is 0. The Labute approximate surface area is 78.0 Å². The topological polar surface area (TPSA) is 70.5 Å². The Morgan fingerprint density at radius 2 is 2.08 bits per heavy atom. The predicted molar refractivity (Wildman–Crippen MR) is 49.1 cm³/mol. The number of carbonyl (C=O) groups is 1. The Kier molecular flexibility index (Phi) is 3.27. The van der Waals surface area contributed by atoms with Crippen molar-refractivity contribution < 1.29 is 13.7 Å². The molecule has 0 aromatic heterocycles. The minimum absolute atomic E-state index is 0.242. The molecular weight excluding hydrogens is 192 g/mol. The highest BCUT2D eigenvalue weighted by atomic mass is 32.2. The van der Waals surface area contributed by atoms with Crippen LogP contribution in [0.1, 0.15) is 0 Å². The fourth-order valence-electron chi connectivity index (χ4n) is 1.17. The summed E-state index contributed by atoms with van der Waals surface area (Å²) < 4.78 is 23.1. The molecular formula is C7H14N2O3S. The van der Waals surface area contributed by atoms with Crippen LogP contribution >= 0.6 is 0 Å². The maximum absolute atomic E-state index is 11.2. The first kappa shape index (κ1) is 10.5. The van der Waals surface area contributed by atoms with Gasteiger partial charge >= 0.3 is 5.97 Å². The van der Waals surface area contributed by atoms with Gasteiger partial charge < -0.3 is 4.74 Å². The standard InChI is InChI=1S/C7H14N2O3S/c1-12-7(10)6-9-2-4-13(8,11)5-3-9/h8H,2-6H2,1H3. The molecule has 13 heavy (non-hydrogen) atoms. The molecule has 1 N–H and O–H groups in total. The van der Waals surface area contributed by atoms with E-state index in [1.807, 2.05) is 4.90 Å². The van der Waals surface area contributed by atoms with Gasteiger partial charge in [0.25, 0.3) is 0 Å². The van der Waals surface area contributed by atoms with Crippen LogP contribution in [0, 0.1) is 4.78 Å². The molecule has 0 radical (unpaired) electrons. The summed E-state index contributed by atoms with van der Waals surface area (Å²) in [7, 11) is -1.00. The third-order valence-corrected chi connectivity index (χ3v) is 3.74. The summed E-state index contributed by atoms with van der Waals surface area (Å²) >= 11 is 0. The van der Waals surface area contributed by atoms with Crippen molar-refractivity contribution in [3.63, 3.8) is 0 Å². The largest absolute Gasteiger partial charge is 0.468 e. The molecule has 76 valence electrons. The summed E-state index contributed by atoms with van der Waals surface area (Å²) in [6.45, 7) is 1.35. The molecule has 1 rings (SSSR count). The summed E-state index contributed by atoms with van der Waals surface area (Å²) in [5.74, 6) is 0.451. The van der Waals surface area contributed by atoms with Gasteiger partial charge in [-0.1, -0.05) is 0 Å². The van der Waals surface area contributed by atoms with Gasteiger partial charge in [0.15, 0.2) is 0 Å². The zero-order valence-electron chi connectivity index (χ0n) is 7.62. The van der Waals surface area contributed by atoms with Crippen LogP contribution in [0.5, 0.6) is 0 Å². The van der Waals surface area contributed by atoms with E-state index in [9.17, 15) is 9.00 Å². The summed E-state index contributed by atoms with van der Waals surface area (Å²) in [6.07, 6.45) is 0. The fraction of sp³-hybridized carbons (Fsp3) is 0.857. The van der Waals surface area contributed by atoms with Crippen molar-refractivity contribution in [3.8, 4) is 0 Å². The van der Waals surface area contributed by atoms with Crippen molar-refractivity contribution in [3.05, 3.63) is 0 Å². The third-order valence-electron chi connectivity index (χ3n) is 2.05. The molecule has 1 aliphatic heterocycles. The average molecular weight is 206 g/mol. The molecule has 0 unspecified atom stereocenters. The van der Waals surface area contributed by atoms with Crippen LogP contribution in [-0.2, 0) is 19.3 Å². The number of ether oxygens (including phenoxy) is 1. The van der Waals surface area contributed by atoms with Crippen LogP contribution in [0.25, 0.3) is 0 Å². The minimum Gasteiger partial charge on any atom is -0.468 e. The molecule has 0 amide bonds. The highest BCUT2D eigenvalue weighted by molar-refractivity contribution is 7.92. The first-order chi connectivity index (χ1) is 6.03. The van der Waals surface area contributed by atoms with E-state index in [0.717, 1.165) is 0 Å². The number of nitrogens with one attached hydrogen (secondary N) is 1. The number of methoxy groups -OCH3 is 1. The first-order valence-corrected chi connectivity index (χ1v) is 5.96. The first-order valence-electron chi connectivity index (χ1n) is 4.07. The van der Waals surface area contributed by atoms with Crippen molar-refractivity contribution in [2.75, 3.05) is 38.2 Å². The zero-order chi connectivity index (χ0) is 9.90. The van der Waals surface area contributed by atoms with Crippen LogP contribution in [0.2, 0.25) is 0 Å². The molecule has 1 heterocycles. The van der Waals surface area contributed by atoms with Crippen LogP contribution in [-0.4, -0.2) is 53.3 Å². The maximum Gasteiger partial charge on any atom is 0.319 e. The number of esters is 1. The minimum atomic E-state index is -2.35. The van der Waals surface area contributed by atoms with Gasteiger partial charge in [0.1, 0.15) is 0 Å². The van der Waals surface area contributed by atoms with Crippen molar-refractivity contribution >= 4 is 15.7 Å². The van der Waals surface area contributed by atoms with Gasteiger partial charge in [0.05, 0.1) is 13.7 Å². The molecule has 0 aromatic carbocycles. The average Bonchev–Trinajstić information content (AvgIpc) is 2.08. The van der Waals surface area contributed by atoms with E-state index in [0.29, 0.717) is 24.6 Å². The SMILES string of the molecule is COC(=O)CN1CCS(=N)(=O)CC1. The van der Waals surface area contributed by atoms with Gasteiger partial charge in [-0.25, -0.2) is 4.21 Å². The quantitative estimate of drug-likeness (QED) is 0.620. The molecule has 0 aromatic rings. The normalized spacial score (nSPS) is 22.5. The molecule has 0 spiro atoms. The van der Waals surface area contributed by atoms with E-state index in [-0.39, 0.29) is 12.5 Å². The Hall–Kier alpha value is -0.620. The fourth-order valence-corrected chi connectivity index (χ4v) is 2.48. The maximum atomic E-state index is 11.2. The third kappa shape index (κ3) is 3.31. The lowest BCUT2D eigenvalue weighted by atomic mass is 10.4. The summed E-state index contributed by atoms with van der Waals surface area (Å²) in [4.78, 5) is 12.7. The van der Waals surface area contributed by atoms with E-state index in [2.05, 4.69) is 4.74 Å². The molecule has 1 saturated heterocycles. The molecule has 0 atom stereocenters. The van der Waals surface area contributed by atoms with Gasteiger partial charge in [0.2, 0.25) is 0 Å². The monoisotopic (exact) mass is 206 g/mol. The van der Waals surface area contributed by atoms with E-state index in [4.69, 9.17) is 4.78 Å². The summed E-state index contributed by atoms with van der Waals surface area (Å²) in [6, 6.07) is 0. The Bertz CT molecular complexity index is 272. The molecule has 0 aliphatic carbocycles. The van der Waals surface area contributed by atoms with Gasteiger partial charge in [-0.05, 0) is 0 Å². The van der Waals surface area contributed by atoms with Crippen molar-refractivity contribution in [1.82, 2.24) is 4.90 Å². The number of nitrogens with zero attached hydrogens (tertiary/aromatic N) is 1. The lowest BCUT2D eigenvalue weighted by Gasteiger charge is -2.26. The second-order valence-electron chi connectivity index (χ2n) is 3.07. The zero-order valence-corrected chi connectivity index (χ0v) is 8.43. The summed E-state index contributed by atoms with van der Waals surface area (Å²) in [5.41, 5.74) is 0. The molecule has 5 nitrogen and oxygen atoms in total. The van der Waals surface area contributed by atoms with E-state index in [1.165, 1.54) is 7.11 Å².